The third-order valence-corrected chi connectivity index (χ3v) is 3.59. The maximum Gasteiger partial charge on any atom is 1.00 e. The number of hydrogen-bond donors (Lipinski definition) is 2. The number of carbonyl (C=O) groups is 3. The van der Waals surface area contributed by atoms with Crippen molar-refractivity contribution < 1.29 is 54.2 Å². The van der Waals surface area contributed by atoms with E-state index in [4.69, 9.17) is 5.11 Å². The van der Waals surface area contributed by atoms with E-state index in [1.54, 1.807) is 24.3 Å². The third kappa shape index (κ3) is 4.15. The van der Waals surface area contributed by atoms with E-state index in [0.717, 1.165) is 16.9 Å². The van der Waals surface area contributed by atoms with E-state index in [-0.39, 0.29) is 40.1 Å². The molecule has 0 aliphatic carbocycles. The van der Waals surface area contributed by atoms with Crippen molar-refractivity contribution in [2.45, 2.75) is 0 Å². The van der Waals surface area contributed by atoms with Crippen molar-refractivity contribution in [2.24, 2.45) is 0 Å². The number of nitrogens with one attached hydrogen (secondary N) is 1. The number of thiophene rings is 1. The molecule has 1 heterocycles. The molecule has 2 rings (SSSR count). The number of anilines is 1. The molecule has 1 aromatic carbocycles. The van der Waals surface area contributed by atoms with Gasteiger partial charge in [-0.2, -0.15) is 0 Å². The normalized spacial score (nSPS) is 9.52. The molecule has 0 spiro atoms. The summed E-state index contributed by atoms with van der Waals surface area (Å²) in [4.78, 5) is 33.0. The van der Waals surface area contributed by atoms with Gasteiger partial charge in [-0.15, -0.1) is 11.3 Å². The Morgan fingerprint density at radius 3 is 2.29 bits per heavy atom. The predicted molar refractivity (Wildman–Crippen MR) is 70.4 cm³/mol. The van der Waals surface area contributed by atoms with Crippen LogP contribution in [-0.4, -0.2) is 23.0 Å². The minimum Gasteiger partial charge on any atom is -0.540 e. The van der Waals surface area contributed by atoms with Gasteiger partial charge in [-0.05, 0) is 11.6 Å². The molecule has 0 saturated heterocycles. The van der Waals surface area contributed by atoms with Gasteiger partial charge in [-0.3, -0.25) is 4.79 Å². The van der Waals surface area contributed by atoms with Crippen LogP contribution >= 0.6 is 11.3 Å². The molecule has 6 nitrogen and oxygen atoms in total. The fourth-order valence-electron chi connectivity index (χ4n) is 1.56. The smallest absolute Gasteiger partial charge is 0.540 e. The Labute approximate surface area is 145 Å². The van der Waals surface area contributed by atoms with Crippen LogP contribution in [0.25, 0.3) is 10.4 Å². The summed E-state index contributed by atoms with van der Waals surface area (Å²) < 4.78 is 0. The van der Waals surface area contributed by atoms with Crippen LogP contribution in [0.5, 0.6) is 0 Å². The standard InChI is InChI=1S/C13H9NO5S.Na/c15-11(13(18)19)14-8-6-9(20-10(8)12(16)17)7-4-2-1-3-5-7;/h1-6H,(H,14,15)(H,16,17)(H,18,19);/q;+1/p-1. The molecule has 21 heavy (non-hydrogen) atoms. The number of carboxylic acids is 2. The van der Waals surface area contributed by atoms with Gasteiger partial charge in [0.05, 0.1) is 5.69 Å². The molecule has 102 valence electrons. The van der Waals surface area contributed by atoms with Crippen LogP contribution in [0.1, 0.15) is 9.67 Å². The molecule has 0 saturated carbocycles. The van der Waals surface area contributed by atoms with Gasteiger partial charge < -0.3 is 20.3 Å². The van der Waals surface area contributed by atoms with Gasteiger partial charge >= 0.3 is 35.5 Å². The average Bonchev–Trinajstić information content (AvgIpc) is 2.83. The van der Waals surface area contributed by atoms with E-state index in [2.05, 4.69) is 0 Å². The van der Waals surface area contributed by atoms with Crippen LogP contribution in [-0.2, 0) is 9.59 Å². The molecule has 0 aliphatic rings. The summed E-state index contributed by atoms with van der Waals surface area (Å²) in [5.41, 5.74) is 0.713. The van der Waals surface area contributed by atoms with E-state index >= 15 is 0 Å². The molecule has 1 aromatic heterocycles. The van der Waals surface area contributed by atoms with Gasteiger partial charge in [-0.25, -0.2) is 4.79 Å². The summed E-state index contributed by atoms with van der Waals surface area (Å²) in [6.07, 6.45) is 0. The van der Waals surface area contributed by atoms with Crippen molar-refractivity contribution in [1.82, 2.24) is 0 Å². The van der Waals surface area contributed by atoms with Gasteiger partial charge in [0.15, 0.2) is 0 Å². The zero-order valence-electron chi connectivity index (χ0n) is 11.0. The zero-order chi connectivity index (χ0) is 14.7. The molecule has 0 atom stereocenters. The molecule has 2 N–H and O–H groups in total. The van der Waals surface area contributed by atoms with E-state index in [1.165, 1.54) is 6.07 Å². The SMILES string of the molecule is O=C([O-])C(=O)Nc1cc(-c2ccccc2)sc1C(=O)O.[Na+]. The van der Waals surface area contributed by atoms with Crippen molar-refractivity contribution in [2.75, 3.05) is 5.32 Å². The number of amides is 1. The molecule has 0 aliphatic heterocycles. The monoisotopic (exact) mass is 313 g/mol. The minimum absolute atomic E-state index is 0. The molecule has 1 amide bonds. The summed E-state index contributed by atoms with van der Waals surface area (Å²) in [6, 6.07) is 10.4. The Bertz CT molecular complexity index is 683. The van der Waals surface area contributed by atoms with Gasteiger partial charge in [0.1, 0.15) is 10.8 Å². The van der Waals surface area contributed by atoms with E-state index < -0.39 is 17.8 Å². The van der Waals surface area contributed by atoms with Crippen LogP contribution < -0.4 is 40.0 Å². The molecule has 0 unspecified atom stereocenters. The summed E-state index contributed by atoms with van der Waals surface area (Å²) in [5, 5.41) is 21.5. The van der Waals surface area contributed by atoms with Crippen molar-refractivity contribution in [3.8, 4) is 10.4 Å². The molecule has 2 aromatic rings. The Morgan fingerprint density at radius 1 is 1.14 bits per heavy atom. The number of hydrogen-bond acceptors (Lipinski definition) is 5. The Morgan fingerprint density at radius 2 is 1.76 bits per heavy atom. The first-order chi connectivity index (χ1) is 9.49. The van der Waals surface area contributed by atoms with Crippen LogP contribution in [0.4, 0.5) is 5.69 Å². The Hall–Kier alpha value is -1.67. The molecular weight excluding hydrogens is 305 g/mol. The fourth-order valence-corrected chi connectivity index (χ4v) is 2.52. The van der Waals surface area contributed by atoms with Crippen molar-refractivity contribution in [1.29, 1.82) is 0 Å². The molecule has 8 heteroatoms. The van der Waals surface area contributed by atoms with Crippen molar-refractivity contribution in [3.05, 3.63) is 41.3 Å². The van der Waals surface area contributed by atoms with Crippen LogP contribution in [0, 0.1) is 0 Å². The van der Waals surface area contributed by atoms with Crippen molar-refractivity contribution >= 4 is 34.9 Å². The van der Waals surface area contributed by atoms with Crippen LogP contribution in [0.2, 0.25) is 0 Å². The van der Waals surface area contributed by atoms with Gasteiger partial charge in [0.2, 0.25) is 0 Å². The fraction of sp³-hybridized carbons (Fsp3) is 0. The van der Waals surface area contributed by atoms with Crippen molar-refractivity contribution in [3.63, 3.8) is 0 Å². The minimum atomic E-state index is -1.92. The van der Waals surface area contributed by atoms with E-state index in [9.17, 15) is 19.5 Å². The maximum absolute atomic E-state index is 11.1. The number of rotatable bonds is 3. The molecule has 0 radical (unpaired) electrons. The number of aromatic carboxylic acids is 1. The number of carbonyl (C=O) groups excluding carboxylic acids is 2. The largest absolute Gasteiger partial charge is 1.00 e. The first-order valence-electron chi connectivity index (χ1n) is 5.44. The second-order valence-corrected chi connectivity index (χ2v) is 4.82. The molecule has 0 bridgehead atoms. The Kier molecular flexibility index (Phi) is 6.10. The van der Waals surface area contributed by atoms with E-state index in [0.29, 0.717) is 4.88 Å². The second-order valence-electron chi connectivity index (χ2n) is 3.77. The van der Waals surface area contributed by atoms with Crippen LogP contribution in [0.3, 0.4) is 0 Å². The topological polar surface area (TPSA) is 107 Å². The first-order valence-corrected chi connectivity index (χ1v) is 6.25. The van der Waals surface area contributed by atoms with E-state index in [1.807, 2.05) is 11.4 Å². The predicted octanol–water partition coefficient (Wildman–Crippen LogP) is -2.19. The molecule has 0 fully saturated rings. The van der Waals surface area contributed by atoms with Gasteiger partial charge in [-0.1, -0.05) is 30.3 Å². The quantitative estimate of drug-likeness (QED) is 0.494. The third-order valence-electron chi connectivity index (χ3n) is 2.42. The van der Waals surface area contributed by atoms with Gasteiger partial charge in [0, 0.05) is 4.88 Å². The summed E-state index contributed by atoms with van der Waals surface area (Å²) in [6.45, 7) is 0. The summed E-state index contributed by atoms with van der Waals surface area (Å²) in [5.74, 6) is -4.55. The summed E-state index contributed by atoms with van der Waals surface area (Å²) >= 11 is 0.947. The summed E-state index contributed by atoms with van der Waals surface area (Å²) in [7, 11) is 0. The Balaban J connectivity index is 0.00000220. The maximum atomic E-state index is 11.1. The molecular formula is C13H8NNaO5S. The number of benzene rings is 1. The second kappa shape index (κ2) is 7.37. The first kappa shape index (κ1) is 17.4. The zero-order valence-corrected chi connectivity index (χ0v) is 13.8. The average molecular weight is 313 g/mol. The van der Waals surface area contributed by atoms with Gasteiger partial charge in [0.25, 0.3) is 5.91 Å². The number of aliphatic carboxylic acids is 1. The number of carboxylic acid groups (broad SMARTS) is 2. The van der Waals surface area contributed by atoms with Crippen LogP contribution in [0.15, 0.2) is 36.4 Å².